The third-order valence-electron chi connectivity index (χ3n) is 5.97. The monoisotopic (exact) mass is 320 g/mol. The van der Waals surface area contributed by atoms with Crippen LogP contribution in [0.3, 0.4) is 0 Å². The first-order valence-electron chi connectivity index (χ1n) is 9.72. The van der Waals surface area contributed by atoms with E-state index in [9.17, 15) is 10.2 Å². The van der Waals surface area contributed by atoms with Crippen LogP contribution in [0.5, 0.6) is 0 Å². The van der Waals surface area contributed by atoms with Crippen molar-refractivity contribution in [1.29, 1.82) is 0 Å². The first-order valence-corrected chi connectivity index (χ1v) is 9.72. The van der Waals surface area contributed by atoms with Crippen LogP contribution in [0.1, 0.15) is 78.6 Å². The van der Waals surface area contributed by atoms with Gasteiger partial charge in [0.25, 0.3) is 0 Å². The minimum atomic E-state index is -0.350. The number of hydrogen-bond acceptors (Lipinski definition) is 2. The van der Waals surface area contributed by atoms with Crippen LogP contribution in [0.4, 0.5) is 0 Å². The van der Waals surface area contributed by atoms with E-state index in [4.69, 9.17) is 0 Å². The van der Waals surface area contributed by atoms with Crippen LogP contribution in [0.2, 0.25) is 0 Å². The number of aliphatic hydroxyl groups is 2. The lowest BCUT2D eigenvalue weighted by Gasteiger charge is -2.24. The summed E-state index contributed by atoms with van der Waals surface area (Å²) in [6.07, 6.45) is 15.8. The zero-order valence-electron chi connectivity index (χ0n) is 15.3. The van der Waals surface area contributed by atoms with Crippen LogP contribution in [0, 0.1) is 17.3 Å². The van der Waals surface area contributed by atoms with E-state index in [0.717, 1.165) is 32.1 Å². The second-order valence-electron chi connectivity index (χ2n) is 8.09. The molecule has 5 atom stereocenters. The van der Waals surface area contributed by atoms with Crippen LogP contribution >= 0.6 is 0 Å². The summed E-state index contributed by atoms with van der Waals surface area (Å²) in [5, 5.41) is 20.6. The van der Waals surface area contributed by atoms with Crippen molar-refractivity contribution in [2.24, 2.45) is 17.3 Å². The van der Waals surface area contributed by atoms with Gasteiger partial charge < -0.3 is 10.2 Å². The molecular formula is C21H36O2. The maximum atomic E-state index is 10.5. The van der Waals surface area contributed by atoms with Gasteiger partial charge in [-0.1, -0.05) is 70.3 Å². The van der Waals surface area contributed by atoms with Gasteiger partial charge in [0.05, 0.1) is 12.2 Å². The molecule has 0 heterocycles. The third-order valence-corrected chi connectivity index (χ3v) is 5.97. The molecule has 0 saturated heterocycles. The van der Waals surface area contributed by atoms with Crippen LogP contribution in [0.15, 0.2) is 23.8 Å². The van der Waals surface area contributed by atoms with Crippen molar-refractivity contribution in [2.75, 3.05) is 0 Å². The minimum absolute atomic E-state index is 0.216. The molecule has 23 heavy (non-hydrogen) atoms. The van der Waals surface area contributed by atoms with Crippen LogP contribution < -0.4 is 0 Å². The lowest BCUT2D eigenvalue weighted by atomic mass is 9.80. The lowest BCUT2D eigenvalue weighted by molar-refractivity contribution is 0.137. The molecule has 0 unspecified atom stereocenters. The molecule has 2 heteroatoms. The number of rotatable bonds is 8. The molecule has 2 nitrogen and oxygen atoms in total. The Labute approximate surface area is 142 Å². The molecule has 2 rings (SSSR count). The fraction of sp³-hybridized carbons (Fsp3) is 0.810. The Morgan fingerprint density at radius 3 is 2.74 bits per heavy atom. The molecule has 2 aliphatic rings. The standard InChI is InChI=1S/C21H36O2/c1-4-6-8-10-17(22)11-12-18-19-13-16(9-7-5-2)14-21(19,3)15-20(18)23/h9,11-12,17-20,22-23H,4-8,10,13-15H2,1-3H3/t17-,18+,19+,20+,21-/m0/s1. The molecule has 0 aromatic rings. The number of hydrogen-bond donors (Lipinski definition) is 2. The van der Waals surface area contributed by atoms with Gasteiger partial charge in [-0.25, -0.2) is 0 Å². The molecule has 2 saturated carbocycles. The van der Waals surface area contributed by atoms with Crippen LogP contribution in [-0.4, -0.2) is 22.4 Å². The summed E-state index contributed by atoms with van der Waals surface area (Å²) in [5.41, 5.74) is 1.84. The van der Waals surface area contributed by atoms with E-state index in [1.54, 1.807) is 5.57 Å². The molecule has 0 spiro atoms. The summed E-state index contributed by atoms with van der Waals surface area (Å²) in [6.45, 7) is 6.75. The largest absolute Gasteiger partial charge is 0.392 e. The Bertz CT molecular complexity index is 426. The summed E-state index contributed by atoms with van der Waals surface area (Å²) < 4.78 is 0. The van der Waals surface area contributed by atoms with E-state index in [1.165, 1.54) is 25.7 Å². The van der Waals surface area contributed by atoms with E-state index in [0.29, 0.717) is 5.92 Å². The summed E-state index contributed by atoms with van der Waals surface area (Å²) in [7, 11) is 0. The molecule has 132 valence electrons. The summed E-state index contributed by atoms with van der Waals surface area (Å²) in [6, 6.07) is 0. The number of fused-ring (bicyclic) bond motifs is 1. The van der Waals surface area contributed by atoms with Gasteiger partial charge in [0.2, 0.25) is 0 Å². The zero-order valence-corrected chi connectivity index (χ0v) is 15.3. The van der Waals surface area contributed by atoms with E-state index in [1.807, 2.05) is 6.08 Å². The highest BCUT2D eigenvalue weighted by molar-refractivity contribution is 5.21. The van der Waals surface area contributed by atoms with Crippen molar-refractivity contribution in [1.82, 2.24) is 0 Å². The topological polar surface area (TPSA) is 40.5 Å². The maximum Gasteiger partial charge on any atom is 0.0721 e. The molecule has 0 aromatic carbocycles. The normalized spacial score (nSPS) is 36.9. The first kappa shape index (κ1) is 18.7. The van der Waals surface area contributed by atoms with E-state index in [2.05, 4.69) is 32.9 Å². The SMILES string of the molecule is CCCC=C1C[C@@H]2[C@@H](C=C[C@@H](O)CCCCC)[C@H](O)C[C@]2(C)C1. The Morgan fingerprint density at radius 2 is 2.04 bits per heavy atom. The van der Waals surface area contributed by atoms with Crippen molar-refractivity contribution in [3.8, 4) is 0 Å². The quantitative estimate of drug-likeness (QED) is 0.487. The fourth-order valence-electron chi connectivity index (χ4n) is 4.68. The van der Waals surface area contributed by atoms with Gasteiger partial charge in [-0.05, 0) is 43.4 Å². The Balaban J connectivity index is 1.96. The molecule has 0 aliphatic heterocycles. The van der Waals surface area contributed by atoms with Crippen molar-refractivity contribution in [3.05, 3.63) is 23.8 Å². The van der Waals surface area contributed by atoms with Gasteiger partial charge in [-0.2, -0.15) is 0 Å². The van der Waals surface area contributed by atoms with Crippen molar-refractivity contribution in [3.63, 3.8) is 0 Å². The van der Waals surface area contributed by atoms with E-state index in [-0.39, 0.29) is 23.5 Å². The van der Waals surface area contributed by atoms with Gasteiger partial charge in [-0.3, -0.25) is 0 Å². The Kier molecular flexibility index (Phi) is 6.91. The smallest absolute Gasteiger partial charge is 0.0721 e. The van der Waals surface area contributed by atoms with Gasteiger partial charge in [0, 0.05) is 5.92 Å². The second-order valence-corrected chi connectivity index (χ2v) is 8.09. The average molecular weight is 321 g/mol. The van der Waals surface area contributed by atoms with Gasteiger partial charge >= 0.3 is 0 Å². The van der Waals surface area contributed by atoms with Gasteiger partial charge in [0.15, 0.2) is 0 Å². The highest BCUT2D eigenvalue weighted by Gasteiger charge is 2.52. The molecular weight excluding hydrogens is 284 g/mol. The average Bonchev–Trinajstić information content (AvgIpc) is 2.93. The predicted molar refractivity (Wildman–Crippen MR) is 97.2 cm³/mol. The molecule has 0 aromatic heterocycles. The van der Waals surface area contributed by atoms with Crippen molar-refractivity contribution >= 4 is 0 Å². The zero-order chi connectivity index (χ0) is 16.9. The summed E-state index contributed by atoms with van der Waals surface area (Å²) in [5.74, 6) is 0.757. The van der Waals surface area contributed by atoms with Crippen LogP contribution in [0.25, 0.3) is 0 Å². The van der Waals surface area contributed by atoms with E-state index < -0.39 is 0 Å². The summed E-state index contributed by atoms with van der Waals surface area (Å²) in [4.78, 5) is 0. The maximum absolute atomic E-state index is 10.5. The number of aliphatic hydroxyl groups excluding tert-OH is 2. The molecule has 0 bridgehead atoms. The van der Waals surface area contributed by atoms with Crippen molar-refractivity contribution in [2.45, 2.75) is 90.8 Å². The summed E-state index contributed by atoms with van der Waals surface area (Å²) >= 11 is 0. The molecule has 2 N–H and O–H groups in total. The fourth-order valence-corrected chi connectivity index (χ4v) is 4.68. The lowest BCUT2D eigenvalue weighted by Crippen LogP contribution is -2.19. The number of unbranched alkanes of at least 4 members (excludes halogenated alkanes) is 3. The first-order chi connectivity index (χ1) is 11.0. The van der Waals surface area contributed by atoms with Crippen molar-refractivity contribution < 1.29 is 10.2 Å². The van der Waals surface area contributed by atoms with Gasteiger partial charge in [-0.15, -0.1) is 0 Å². The Morgan fingerprint density at radius 1 is 1.26 bits per heavy atom. The van der Waals surface area contributed by atoms with Crippen LogP contribution in [-0.2, 0) is 0 Å². The third kappa shape index (κ3) is 4.70. The molecule has 2 fully saturated rings. The van der Waals surface area contributed by atoms with E-state index >= 15 is 0 Å². The predicted octanol–water partition coefficient (Wildman–Crippen LogP) is 5.01. The highest BCUT2D eigenvalue weighted by Crippen LogP contribution is 2.58. The second kappa shape index (κ2) is 8.48. The molecule has 0 radical (unpaired) electrons. The Hall–Kier alpha value is -0.600. The highest BCUT2D eigenvalue weighted by atomic mass is 16.3. The van der Waals surface area contributed by atoms with Gasteiger partial charge in [0.1, 0.15) is 0 Å². The minimum Gasteiger partial charge on any atom is -0.392 e. The molecule has 2 aliphatic carbocycles. The number of allylic oxidation sites excluding steroid dienone is 2. The molecule has 0 amide bonds.